The van der Waals surface area contributed by atoms with E-state index in [4.69, 9.17) is 4.74 Å². The van der Waals surface area contributed by atoms with Gasteiger partial charge in [-0.15, -0.1) is 0 Å². The van der Waals surface area contributed by atoms with Gasteiger partial charge < -0.3 is 10.1 Å². The van der Waals surface area contributed by atoms with Gasteiger partial charge in [-0.3, -0.25) is 4.90 Å². The van der Waals surface area contributed by atoms with Crippen molar-refractivity contribution in [1.29, 1.82) is 0 Å². The predicted octanol–water partition coefficient (Wildman–Crippen LogP) is 3.05. The summed E-state index contributed by atoms with van der Waals surface area (Å²) in [6.45, 7) is 12.0. The monoisotopic (exact) mass is 270 g/mol. The second-order valence-electron chi connectivity index (χ2n) is 5.94. The molecule has 3 nitrogen and oxygen atoms in total. The first kappa shape index (κ1) is 16.9. The van der Waals surface area contributed by atoms with E-state index in [-0.39, 0.29) is 0 Å². The molecule has 0 aliphatic heterocycles. The van der Waals surface area contributed by atoms with Gasteiger partial charge in [0, 0.05) is 25.7 Å². The van der Waals surface area contributed by atoms with Crippen LogP contribution in [0.2, 0.25) is 0 Å². The number of hydrogen-bond donors (Lipinski definition) is 1. The zero-order valence-corrected chi connectivity index (χ0v) is 13.3. The zero-order chi connectivity index (χ0) is 13.9. The summed E-state index contributed by atoms with van der Waals surface area (Å²) in [6, 6.07) is 0.852. The molecular formula is C16H34N2O. The summed E-state index contributed by atoms with van der Waals surface area (Å²) in [6.07, 6.45) is 8.62. The number of nitrogens with zero attached hydrogens (tertiary/aromatic N) is 1. The molecule has 19 heavy (non-hydrogen) atoms. The highest BCUT2D eigenvalue weighted by molar-refractivity contribution is 4.75. The van der Waals surface area contributed by atoms with Crippen LogP contribution in [0.5, 0.6) is 0 Å². The number of likely N-dealkylation sites (N-methyl/N-ethyl adjacent to an activating group) is 1. The first-order valence-electron chi connectivity index (χ1n) is 8.30. The van der Waals surface area contributed by atoms with E-state index in [1.165, 1.54) is 45.2 Å². The lowest BCUT2D eigenvalue weighted by Gasteiger charge is -2.33. The molecule has 0 heterocycles. The fraction of sp³-hybridized carbons (Fsp3) is 1.00. The van der Waals surface area contributed by atoms with Gasteiger partial charge in [0.2, 0.25) is 0 Å². The van der Waals surface area contributed by atoms with Crippen molar-refractivity contribution in [3.05, 3.63) is 0 Å². The summed E-state index contributed by atoms with van der Waals surface area (Å²) in [4.78, 5) is 2.66. The van der Waals surface area contributed by atoms with Crippen LogP contribution in [0.4, 0.5) is 0 Å². The largest absolute Gasteiger partial charge is 0.379 e. The van der Waals surface area contributed by atoms with Crippen LogP contribution in [0.3, 0.4) is 0 Å². The standard InChI is InChI=1S/C16H34N2O/c1-4-18(16-9-6-5-7-10-16)13-12-17-11-8-14-19-15(2)3/h15-17H,4-14H2,1-3H3. The Balaban J connectivity index is 1.99. The summed E-state index contributed by atoms with van der Waals surface area (Å²) in [5.74, 6) is 0. The second kappa shape index (κ2) is 10.6. The molecule has 0 bridgehead atoms. The van der Waals surface area contributed by atoms with E-state index < -0.39 is 0 Å². The maximum absolute atomic E-state index is 5.54. The second-order valence-corrected chi connectivity index (χ2v) is 5.94. The van der Waals surface area contributed by atoms with Crippen molar-refractivity contribution in [2.24, 2.45) is 0 Å². The summed E-state index contributed by atoms with van der Waals surface area (Å²) >= 11 is 0. The molecule has 0 unspecified atom stereocenters. The molecule has 0 radical (unpaired) electrons. The van der Waals surface area contributed by atoms with Crippen molar-refractivity contribution in [2.75, 3.05) is 32.8 Å². The van der Waals surface area contributed by atoms with E-state index in [9.17, 15) is 0 Å². The Morgan fingerprint density at radius 2 is 1.89 bits per heavy atom. The van der Waals surface area contributed by atoms with Crippen LogP contribution in [-0.2, 0) is 4.74 Å². The first-order chi connectivity index (χ1) is 9.24. The number of nitrogens with one attached hydrogen (secondary N) is 1. The molecule has 1 N–H and O–H groups in total. The molecule has 1 aliphatic rings. The smallest absolute Gasteiger partial charge is 0.0518 e. The van der Waals surface area contributed by atoms with E-state index in [1.54, 1.807) is 0 Å². The SMILES string of the molecule is CCN(CCNCCCOC(C)C)C1CCCCC1. The van der Waals surface area contributed by atoms with Crippen molar-refractivity contribution >= 4 is 0 Å². The summed E-state index contributed by atoms with van der Waals surface area (Å²) in [5.41, 5.74) is 0. The van der Waals surface area contributed by atoms with Crippen LogP contribution in [0, 0.1) is 0 Å². The molecular weight excluding hydrogens is 236 g/mol. The maximum Gasteiger partial charge on any atom is 0.0518 e. The van der Waals surface area contributed by atoms with Gasteiger partial charge in [-0.25, -0.2) is 0 Å². The molecule has 0 atom stereocenters. The number of rotatable bonds is 10. The van der Waals surface area contributed by atoms with Crippen LogP contribution < -0.4 is 5.32 Å². The van der Waals surface area contributed by atoms with Crippen LogP contribution in [-0.4, -0.2) is 49.8 Å². The van der Waals surface area contributed by atoms with E-state index in [0.717, 1.165) is 32.2 Å². The third-order valence-electron chi connectivity index (χ3n) is 4.02. The highest BCUT2D eigenvalue weighted by atomic mass is 16.5. The van der Waals surface area contributed by atoms with Crippen molar-refractivity contribution in [3.8, 4) is 0 Å². The molecule has 0 spiro atoms. The molecule has 114 valence electrons. The summed E-state index contributed by atoms with van der Waals surface area (Å²) in [5, 5.41) is 3.54. The highest BCUT2D eigenvalue weighted by Crippen LogP contribution is 2.21. The summed E-state index contributed by atoms with van der Waals surface area (Å²) < 4.78 is 5.54. The minimum Gasteiger partial charge on any atom is -0.379 e. The van der Waals surface area contributed by atoms with Gasteiger partial charge in [-0.2, -0.15) is 0 Å². The van der Waals surface area contributed by atoms with Gasteiger partial charge in [0.05, 0.1) is 6.10 Å². The van der Waals surface area contributed by atoms with E-state index in [1.807, 2.05) is 0 Å². The quantitative estimate of drug-likeness (QED) is 0.618. The van der Waals surface area contributed by atoms with Crippen molar-refractivity contribution in [3.63, 3.8) is 0 Å². The fourth-order valence-electron chi connectivity index (χ4n) is 2.91. The topological polar surface area (TPSA) is 24.5 Å². The molecule has 0 amide bonds. The third kappa shape index (κ3) is 7.91. The Kier molecular flexibility index (Phi) is 9.48. The third-order valence-corrected chi connectivity index (χ3v) is 4.02. The molecule has 3 heteroatoms. The Morgan fingerprint density at radius 1 is 1.16 bits per heavy atom. The van der Waals surface area contributed by atoms with Crippen LogP contribution in [0.25, 0.3) is 0 Å². The van der Waals surface area contributed by atoms with E-state index in [0.29, 0.717) is 6.10 Å². The van der Waals surface area contributed by atoms with Gasteiger partial charge in [0.15, 0.2) is 0 Å². The summed E-state index contributed by atoms with van der Waals surface area (Å²) in [7, 11) is 0. The lowest BCUT2D eigenvalue weighted by molar-refractivity contribution is 0.0768. The molecule has 1 rings (SSSR count). The van der Waals surface area contributed by atoms with E-state index >= 15 is 0 Å². The van der Waals surface area contributed by atoms with Gasteiger partial charge in [0.1, 0.15) is 0 Å². The van der Waals surface area contributed by atoms with Crippen LogP contribution in [0.15, 0.2) is 0 Å². The van der Waals surface area contributed by atoms with Gasteiger partial charge in [0.25, 0.3) is 0 Å². The minimum absolute atomic E-state index is 0.363. The molecule has 0 saturated heterocycles. The van der Waals surface area contributed by atoms with Crippen molar-refractivity contribution < 1.29 is 4.74 Å². The van der Waals surface area contributed by atoms with Crippen LogP contribution >= 0.6 is 0 Å². The Bertz CT molecular complexity index is 203. The lowest BCUT2D eigenvalue weighted by atomic mass is 9.94. The van der Waals surface area contributed by atoms with E-state index in [2.05, 4.69) is 31.0 Å². The number of ether oxygens (including phenoxy) is 1. The molecule has 0 aromatic rings. The Morgan fingerprint density at radius 3 is 2.53 bits per heavy atom. The van der Waals surface area contributed by atoms with Gasteiger partial charge in [-0.05, 0) is 46.2 Å². The Labute approximate surface area is 120 Å². The maximum atomic E-state index is 5.54. The Hall–Kier alpha value is -0.120. The van der Waals surface area contributed by atoms with Gasteiger partial charge in [-0.1, -0.05) is 26.2 Å². The predicted molar refractivity (Wildman–Crippen MR) is 82.7 cm³/mol. The lowest BCUT2D eigenvalue weighted by Crippen LogP contribution is -2.41. The number of hydrogen-bond acceptors (Lipinski definition) is 3. The molecule has 0 aromatic carbocycles. The average molecular weight is 270 g/mol. The van der Waals surface area contributed by atoms with Gasteiger partial charge >= 0.3 is 0 Å². The molecule has 1 fully saturated rings. The highest BCUT2D eigenvalue weighted by Gasteiger charge is 2.18. The normalized spacial score (nSPS) is 17.5. The van der Waals surface area contributed by atoms with Crippen LogP contribution in [0.1, 0.15) is 59.3 Å². The molecule has 1 saturated carbocycles. The van der Waals surface area contributed by atoms with Crippen molar-refractivity contribution in [2.45, 2.75) is 71.4 Å². The average Bonchev–Trinajstić information content (AvgIpc) is 2.42. The first-order valence-corrected chi connectivity index (χ1v) is 8.30. The zero-order valence-electron chi connectivity index (χ0n) is 13.3. The molecule has 0 aromatic heterocycles. The minimum atomic E-state index is 0.363. The molecule has 1 aliphatic carbocycles. The van der Waals surface area contributed by atoms with Crippen molar-refractivity contribution in [1.82, 2.24) is 10.2 Å². The fourth-order valence-corrected chi connectivity index (χ4v) is 2.91.